The molecule has 6 heteroatoms. The molecule has 1 fully saturated rings. The van der Waals surface area contributed by atoms with Gasteiger partial charge in [-0.05, 0) is 6.42 Å². The maximum absolute atomic E-state index is 10.3. The molecule has 2 heterocycles. The largest absolute Gasteiger partial charge is 0.386 e. The quantitative estimate of drug-likeness (QED) is 0.866. The highest BCUT2D eigenvalue weighted by Crippen LogP contribution is 2.32. The number of nitrogens with zero attached hydrogens (tertiary/aromatic N) is 2. The summed E-state index contributed by atoms with van der Waals surface area (Å²) in [4.78, 5) is 0. The van der Waals surface area contributed by atoms with Gasteiger partial charge in [-0.25, -0.2) is 0 Å². The van der Waals surface area contributed by atoms with E-state index < -0.39 is 6.10 Å². The summed E-state index contributed by atoms with van der Waals surface area (Å²) in [7, 11) is 1.63. The van der Waals surface area contributed by atoms with Gasteiger partial charge in [-0.1, -0.05) is 11.6 Å². The van der Waals surface area contributed by atoms with Crippen LogP contribution in [0.4, 0.5) is 0 Å². The van der Waals surface area contributed by atoms with Crippen molar-refractivity contribution in [1.82, 2.24) is 9.78 Å². The summed E-state index contributed by atoms with van der Waals surface area (Å²) in [6.07, 6.45) is 1.79. The molecule has 1 aliphatic rings. The SMILES string of the molecule is COCCn1ncc(Cl)c1C(O)C1CCOC1. The van der Waals surface area contributed by atoms with Crippen molar-refractivity contribution in [3.8, 4) is 0 Å². The van der Waals surface area contributed by atoms with Gasteiger partial charge in [0.25, 0.3) is 0 Å². The predicted octanol–water partition coefficient (Wildman–Crippen LogP) is 1.25. The van der Waals surface area contributed by atoms with Gasteiger partial charge in [-0.2, -0.15) is 5.10 Å². The molecule has 2 rings (SSSR count). The van der Waals surface area contributed by atoms with Crippen molar-refractivity contribution in [2.45, 2.75) is 19.1 Å². The number of aliphatic hydroxyl groups is 1. The molecule has 1 aromatic heterocycles. The van der Waals surface area contributed by atoms with E-state index in [1.165, 1.54) is 0 Å². The van der Waals surface area contributed by atoms with E-state index in [1.807, 2.05) is 0 Å². The normalized spacial score (nSPS) is 21.9. The highest BCUT2D eigenvalue weighted by atomic mass is 35.5. The molecule has 1 N–H and O–H groups in total. The number of ether oxygens (including phenoxy) is 2. The van der Waals surface area contributed by atoms with Gasteiger partial charge in [0.05, 0.1) is 36.7 Å². The Bertz CT molecular complexity index is 364. The van der Waals surface area contributed by atoms with Crippen molar-refractivity contribution in [2.24, 2.45) is 5.92 Å². The van der Waals surface area contributed by atoms with Crippen molar-refractivity contribution in [2.75, 3.05) is 26.9 Å². The first-order valence-corrected chi connectivity index (χ1v) is 6.07. The molecule has 0 aliphatic carbocycles. The van der Waals surface area contributed by atoms with Crippen LogP contribution < -0.4 is 0 Å². The van der Waals surface area contributed by atoms with E-state index in [9.17, 15) is 5.11 Å². The lowest BCUT2D eigenvalue weighted by molar-refractivity contribution is 0.0825. The summed E-state index contributed by atoms with van der Waals surface area (Å²) in [5.41, 5.74) is 0.666. The van der Waals surface area contributed by atoms with Crippen LogP contribution in [0.2, 0.25) is 5.02 Å². The standard InChI is InChI=1S/C11H17ClN2O3/c1-16-5-3-14-10(9(12)6-13-14)11(15)8-2-4-17-7-8/h6,8,11,15H,2-5,7H2,1H3. The Labute approximate surface area is 105 Å². The first-order chi connectivity index (χ1) is 8.24. The van der Waals surface area contributed by atoms with Crippen LogP contribution in [0.5, 0.6) is 0 Å². The van der Waals surface area contributed by atoms with Gasteiger partial charge in [-0.3, -0.25) is 4.68 Å². The molecule has 1 saturated heterocycles. The van der Waals surface area contributed by atoms with E-state index in [0.29, 0.717) is 37.1 Å². The number of aliphatic hydroxyl groups excluding tert-OH is 1. The van der Waals surface area contributed by atoms with Crippen LogP contribution >= 0.6 is 11.6 Å². The Balaban J connectivity index is 2.14. The fourth-order valence-electron chi connectivity index (χ4n) is 2.05. The molecular weight excluding hydrogens is 244 g/mol. The average molecular weight is 261 g/mol. The van der Waals surface area contributed by atoms with E-state index in [0.717, 1.165) is 6.42 Å². The molecule has 0 spiro atoms. The molecule has 2 unspecified atom stereocenters. The minimum absolute atomic E-state index is 0.102. The Morgan fingerprint density at radius 3 is 3.24 bits per heavy atom. The Hall–Kier alpha value is -0.620. The first kappa shape index (κ1) is 12.8. The molecule has 2 atom stereocenters. The number of aromatic nitrogens is 2. The molecular formula is C11H17ClN2O3. The second-order valence-corrected chi connectivity index (χ2v) is 4.57. The maximum atomic E-state index is 10.3. The van der Waals surface area contributed by atoms with Gasteiger partial charge in [0.1, 0.15) is 6.10 Å². The highest BCUT2D eigenvalue weighted by Gasteiger charge is 2.29. The molecule has 0 amide bonds. The summed E-state index contributed by atoms with van der Waals surface area (Å²) in [6.45, 7) is 2.40. The van der Waals surface area contributed by atoms with Crippen LogP contribution in [0.1, 0.15) is 18.2 Å². The van der Waals surface area contributed by atoms with Crippen molar-refractivity contribution in [1.29, 1.82) is 0 Å². The molecule has 0 saturated carbocycles. The van der Waals surface area contributed by atoms with Gasteiger partial charge >= 0.3 is 0 Å². The highest BCUT2D eigenvalue weighted by molar-refractivity contribution is 6.31. The van der Waals surface area contributed by atoms with Crippen molar-refractivity contribution >= 4 is 11.6 Å². The predicted molar refractivity (Wildman–Crippen MR) is 63.0 cm³/mol. The van der Waals surface area contributed by atoms with E-state index >= 15 is 0 Å². The zero-order valence-corrected chi connectivity index (χ0v) is 10.6. The van der Waals surface area contributed by atoms with Crippen LogP contribution in [-0.4, -0.2) is 41.8 Å². The third kappa shape index (κ3) is 2.80. The zero-order valence-electron chi connectivity index (χ0n) is 9.80. The average Bonchev–Trinajstić information content (AvgIpc) is 2.95. The van der Waals surface area contributed by atoms with Gasteiger partial charge in [0.15, 0.2) is 0 Å². The second-order valence-electron chi connectivity index (χ2n) is 4.16. The molecule has 0 aromatic carbocycles. The lowest BCUT2D eigenvalue weighted by atomic mass is 9.99. The van der Waals surface area contributed by atoms with Crippen LogP contribution in [0.25, 0.3) is 0 Å². The molecule has 5 nitrogen and oxygen atoms in total. The lowest BCUT2D eigenvalue weighted by Gasteiger charge is -2.18. The summed E-state index contributed by atoms with van der Waals surface area (Å²) < 4.78 is 12.0. The van der Waals surface area contributed by atoms with E-state index in [-0.39, 0.29) is 5.92 Å². The van der Waals surface area contributed by atoms with Gasteiger partial charge < -0.3 is 14.6 Å². The van der Waals surface area contributed by atoms with Gasteiger partial charge in [0, 0.05) is 19.6 Å². The van der Waals surface area contributed by atoms with Crippen LogP contribution in [0.3, 0.4) is 0 Å². The molecule has 1 aromatic rings. The second kappa shape index (κ2) is 5.82. The van der Waals surface area contributed by atoms with Gasteiger partial charge in [0.2, 0.25) is 0 Å². The monoisotopic (exact) mass is 260 g/mol. The van der Waals surface area contributed by atoms with Crippen molar-refractivity contribution in [3.05, 3.63) is 16.9 Å². The van der Waals surface area contributed by atoms with Crippen molar-refractivity contribution < 1.29 is 14.6 Å². The fraction of sp³-hybridized carbons (Fsp3) is 0.727. The van der Waals surface area contributed by atoms with E-state index in [4.69, 9.17) is 21.1 Å². The minimum atomic E-state index is -0.621. The molecule has 0 bridgehead atoms. The molecule has 96 valence electrons. The molecule has 1 aliphatic heterocycles. The summed E-state index contributed by atoms with van der Waals surface area (Å²) in [5.74, 6) is 0.102. The first-order valence-electron chi connectivity index (χ1n) is 5.70. The third-order valence-electron chi connectivity index (χ3n) is 3.03. The summed E-state index contributed by atoms with van der Waals surface area (Å²) >= 11 is 6.07. The van der Waals surface area contributed by atoms with Crippen LogP contribution in [0.15, 0.2) is 6.20 Å². The Morgan fingerprint density at radius 2 is 2.59 bits per heavy atom. The molecule has 0 radical (unpaired) electrons. The zero-order chi connectivity index (χ0) is 12.3. The number of methoxy groups -OCH3 is 1. The number of hydrogen-bond donors (Lipinski definition) is 1. The Morgan fingerprint density at radius 1 is 1.76 bits per heavy atom. The van der Waals surface area contributed by atoms with Crippen LogP contribution in [-0.2, 0) is 16.0 Å². The van der Waals surface area contributed by atoms with Gasteiger partial charge in [-0.15, -0.1) is 0 Å². The maximum Gasteiger partial charge on any atom is 0.102 e. The third-order valence-corrected chi connectivity index (χ3v) is 3.32. The van der Waals surface area contributed by atoms with E-state index in [2.05, 4.69) is 5.10 Å². The number of halogens is 1. The summed E-state index contributed by atoms with van der Waals surface area (Å²) in [6, 6.07) is 0. The fourth-order valence-corrected chi connectivity index (χ4v) is 2.30. The number of rotatable bonds is 5. The van der Waals surface area contributed by atoms with E-state index in [1.54, 1.807) is 18.0 Å². The molecule has 17 heavy (non-hydrogen) atoms. The smallest absolute Gasteiger partial charge is 0.102 e. The number of hydrogen-bond acceptors (Lipinski definition) is 4. The lowest BCUT2D eigenvalue weighted by Crippen LogP contribution is -2.19. The minimum Gasteiger partial charge on any atom is -0.386 e. The summed E-state index contributed by atoms with van der Waals surface area (Å²) in [5, 5.41) is 15.0. The van der Waals surface area contributed by atoms with Crippen molar-refractivity contribution in [3.63, 3.8) is 0 Å². The topological polar surface area (TPSA) is 56.5 Å². The Kier molecular flexibility index (Phi) is 4.39. The van der Waals surface area contributed by atoms with Crippen LogP contribution in [0, 0.1) is 5.92 Å².